The second kappa shape index (κ2) is 10.0. The normalized spacial score (nSPS) is 12.4. The maximum Gasteiger partial charge on any atom is 0.328 e. The minimum atomic E-state index is -0.922. The molecule has 0 spiro atoms. The number of nitriles is 1. The van der Waals surface area contributed by atoms with Crippen molar-refractivity contribution in [1.82, 2.24) is 10.6 Å². The number of methoxy groups -OCH3 is 1. The Morgan fingerprint density at radius 2 is 1.83 bits per heavy atom. The lowest BCUT2D eigenvalue weighted by Gasteiger charge is -2.21. The predicted molar refractivity (Wildman–Crippen MR) is 86.5 cm³/mol. The van der Waals surface area contributed by atoms with Gasteiger partial charge in [-0.05, 0) is 12.0 Å². The van der Waals surface area contributed by atoms with Gasteiger partial charge in [0, 0.05) is 19.8 Å². The van der Waals surface area contributed by atoms with E-state index in [9.17, 15) is 14.4 Å². The minimum Gasteiger partial charge on any atom is -0.467 e. The Balaban J connectivity index is 2.83. The first-order valence-electron chi connectivity index (χ1n) is 7.54. The highest BCUT2D eigenvalue weighted by atomic mass is 16.5. The number of ether oxygens (including phenoxy) is 1. The number of carbonyl (C=O) groups is 3. The zero-order valence-corrected chi connectivity index (χ0v) is 13.7. The third kappa shape index (κ3) is 6.48. The summed E-state index contributed by atoms with van der Waals surface area (Å²) in [5, 5.41) is 13.8. The standard InChI is InChI=1S/C17H21N3O4/c1-12(21)19-15(11-13-7-4-3-5-8-13)16(22)20-14(9-6-10-18)17(23)24-2/h3-5,7-8,14-15H,6,9,11H2,1-2H3,(H,19,21)(H,20,22)/t14-,15+/m1/s1. The summed E-state index contributed by atoms with van der Waals surface area (Å²) >= 11 is 0. The molecule has 24 heavy (non-hydrogen) atoms. The molecule has 0 aromatic heterocycles. The zero-order chi connectivity index (χ0) is 17.9. The van der Waals surface area contributed by atoms with E-state index < -0.39 is 24.0 Å². The Kier molecular flexibility index (Phi) is 7.99. The maximum atomic E-state index is 12.5. The number of rotatable bonds is 8. The lowest BCUT2D eigenvalue weighted by atomic mass is 10.0. The maximum absolute atomic E-state index is 12.5. The molecule has 0 fully saturated rings. The van der Waals surface area contributed by atoms with Crippen molar-refractivity contribution >= 4 is 17.8 Å². The first-order valence-corrected chi connectivity index (χ1v) is 7.54. The van der Waals surface area contributed by atoms with Crippen LogP contribution in [0.3, 0.4) is 0 Å². The molecule has 0 unspecified atom stereocenters. The Morgan fingerprint density at radius 3 is 2.38 bits per heavy atom. The number of hydrogen-bond donors (Lipinski definition) is 2. The topological polar surface area (TPSA) is 108 Å². The van der Waals surface area contributed by atoms with Gasteiger partial charge in [-0.1, -0.05) is 30.3 Å². The molecule has 0 aliphatic carbocycles. The molecule has 0 saturated carbocycles. The molecule has 2 N–H and O–H groups in total. The van der Waals surface area contributed by atoms with Crippen LogP contribution in [-0.4, -0.2) is 37.0 Å². The fraction of sp³-hybridized carbons (Fsp3) is 0.412. The zero-order valence-electron chi connectivity index (χ0n) is 13.7. The summed E-state index contributed by atoms with van der Waals surface area (Å²) in [4.78, 5) is 35.6. The summed E-state index contributed by atoms with van der Waals surface area (Å²) in [7, 11) is 1.21. The number of carbonyl (C=O) groups excluding carboxylic acids is 3. The summed E-state index contributed by atoms with van der Waals surface area (Å²) in [6.45, 7) is 1.32. The van der Waals surface area contributed by atoms with Crippen molar-refractivity contribution in [3.05, 3.63) is 35.9 Å². The number of nitrogens with one attached hydrogen (secondary N) is 2. The van der Waals surface area contributed by atoms with E-state index in [-0.39, 0.29) is 18.7 Å². The highest BCUT2D eigenvalue weighted by Crippen LogP contribution is 2.06. The molecule has 7 heteroatoms. The van der Waals surface area contributed by atoms with E-state index in [1.54, 1.807) is 0 Å². The van der Waals surface area contributed by atoms with Gasteiger partial charge in [0.05, 0.1) is 13.2 Å². The monoisotopic (exact) mass is 331 g/mol. The second-order valence-electron chi connectivity index (χ2n) is 5.22. The summed E-state index contributed by atoms with van der Waals surface area (Å²) in [6.07, 6.45) is 0.537. The van der Waals surface area contributed by atoms with Gasteiger partial charge in [-0.2, -0.15) is 5.26 Å². The number of esters is 1. The van der Waals surface area contributed by atoms with E-state index in [2.05, 4.69) is 15.4 Å². The molecule has 1 aromatic carbocycles. The smallest absolute Gasteiger partial charge is 0.328 e. The molecule has 2 atom stereocenters. The van der Waals surface area contributed by atoms with E-state index in [0.29, 0.717) is 6.42 Å². The molecular weight excluding hydrogens is 310 g/mol. The van der Waals surface area contributed by atoms with Gasteiger partial charge >= 0.3 is 5.97 Å². The van der Waals surface area contributed by atoms with Crippen LogP contribution in [0.1, 0.15) is 25.3 Å². The van der Waals surface area contributed by atoms with Crippen LogP contribution in [0, 0.1) is 11.3 Å². The van der Waals surface area contributed by atoms with Gasteiger partial charge in [0.1, 0.15) is 12.1 Å². The van der Waals surface area contributed by atoms with Crippen molar-refractivity contribution in [3.8, 4) is 6.07 Å². The average Bonchev–Trinajstić information content (AvgIpc) is 2.57. The van der Waals surface area contributed by atoms with Gasteiger partial charge in [-0.25, -0.2) is 4.79 Å². The Labute approximate surface area is 141 Å². The molecule has 0 heterocycles. The third-order valence-electron chi connectivity index (χ3n) is 3.32. The molecule has 0 bridgehead atoms. The van der Waals surface area contributed by atoms with Crippen LogP contribution in [0.2, 0.25) is 0 Å². The molecule has 0 aliphatic rings. The van der Waals surface area contributed by atoms with Crippen molar-refractivity contribution in [3.63, 3.8) is 0 Å². The number of hydrogen-bond acceptors (Lipinski definition) is 5. The average molecular weight is 331 g/mol. The summed E-state index contributed by atoms with van der Waals surface area (Å²) in [5.74, 6) is -1.47. The predicted octanol–water partition coefficient (Wildman–Crippen LogP) is 0.695. The van der Waals surface area contributed by atoms with Crippen LogP contribution in [-0.2, 0) is 25.5 Å². The largest absolute Gasteiger partial charge is 0.467 e. The SMILES string of the molecule is COC(=O)[C@@H](CCC#N)NC(=O)[C@H](Cc1ccccc1)NC(C)=O. The molecule has 0 aliphatic heterocycles. The summed E-state index contributed by atoms with van der Waals surface area (Å²) in [5.41, 5.74) is 0.873. The molecular formula is C17H21N3O4. The second-order valence-corrected chi connectivity index (χ2v) is 5.22. The highest BCUT2D eigenvalue weighted by Gasteiger charge is 2.26. The fourth-order valence-electron chi connectivity index (χ4n) is 2.18. The van der Waals surface area contributed by atoms with Crippen LogP contribution in [0.5, 0.6) is 0 Å². The third-order valence-corrected chi connectivity index (χ3v) is 3.32. The van der Waals surface area contributed by atoms with Crippen molar-refractivity contribution in [1.29, 1.82) is 5.26 Å². The lowest BCUT2D eigenvalue weighted by Crippen LogP contribution is -2.52. The van der Waals surface area contributed by atoms with Crippen LogP contribution in [0.15, 0.2) is 30.3 Å². The van der Waals surface area contributed by atoms with Crippen molar-refractivity contribution in [2.75, 3.05) is 7.11 Å². The van der Waals surface area contributed by atoms with E-state index in [4.69, 9.17) is 5.26 Å². The number of nitrogens with zero attached hydrogens (tertiary/aromatic N) is 1. The van der Waals surface area contributed by atoms with Gasteiger partial charge in [0.2, 0.25) is 11.8 Å². The van der Waals surface area contributed by atoms with Crippen molar-refractivity contribution < 1.29 is 19.1 Å². The Bertz CT molecular complexity index is 610. The van der Waals surface area contributed by atoms with E-state index in [1.807, 2.05) is 36.4 Å². The van der Waals surface area contributed by atoms with Gasteiger partial charge in [-0.3, -0.25) is 9.59 Å². The van der Waals surface area contributed by atoms with Crippen molar-refractivity contribution in [2.45, 2.75) is 38.3 Å². The number of amides is 2. The fourth-order valence-corrected chi connectivity index (χ4v) is 2.18. The number of benzene rings is 1. The summed E-state index contributed by atoms with van der Waals surface area (Å²) < 4.78 is 4.64. The molecule has 1 rings (SSSR count). The van der Waals surface area contributed by atoms with Gasteiger partial charge in [0.15, 0.2) is 0 Å². The van der Waals surface area contributed by atoms with Crippen LogP contribution in [0.4, 0.5) is 0 Å². The van der Waals surface area contributed by atoms with E-state index in [0.717, 1.165) is 5.56 Å². The molecule has 0 saturated heterocycles. The van der Waals surface area contributed by atoms with Gasteiger partial charge in [0.25, 0.3) is 0 Å². The Morgan fingerprint density at radius 1 is 1.17 bits per heavy atom. The lowest BCUT2D eigenvalue weighted by molar-refractivity contribution is -0.145. The van der Waals surface area contributed by atoms with Crippen LogP contribution in [0.25, 0.3) is 0 Å². The first kappa shape index (κ1) is 19.2. The van der Waals surface area contributed by atoms with Crippen LogP contribution < -0.4 is 10.6 Å². The molecule has 1 aromatic rings. The van der Waals surface area contributed by atoms with Gasteiger partial charge < -0.3 is 15.4 Å². The molecule has 2 amide bonds. The molecule has 128 valence electrons. The molecule has 7 nitrogen and oxygen atoms in total. The minimum absolute atomic E-state index is 0.101. The van der Waals surface area contributed by atoms with E-state index >= 15 is 0 Å². The Hall–Kier alpha value is -2.88. The quantitative estimate of drug-likeness (QED) is 0.682. The van der Waals surface area contributed by atoms with E-state index in [1.165, 1.54) is 14.0 Å². The van der Waals surface area contributed by atoms with Crippen molar-refractivity contribution in [2.24, 2.45) is 0 Å². The first-order chi connectivity index (χ1) is 11.5. The van der Waals surface area contributed by atoms with Crippen LogP contribution >= 0.6 is 0 Å². The molecule has 0 radical (unpaired) electrons. The summed E-state index contributed by atoms with van der Waals surface area (Å²) in [6, 6.07) is 9.39. The highest BCUT2D eigenvalue weighted by molar-refractivity contribution is 5.90. The van der Waals surface area contributed by atoms with Gasteiger partial charge in [-0.15, -0.1) is 0 Å².